The molecule has 0 bridgehead atoms. The first-order chi connectivity index (χ1) is 9.81. The summed E-state index contributed by atoms with van der Waals surface area (Å²) < 4.78 is 0. The summed E-state index contributed by atoms with van der Waals surface area (Å²) in [7, 11) is 1.43. The molecule has 1 aromatic rings. The Morgan fingerprint density at radius 3 is 2.57 bits per heavy atom. The highest BCUT2D eigenvalue weighted by molar-refractivity contribution is 5.94. The topological polar surface area (TPSA) is 133 Å². The van der Waals surface area contributed by atoms with E-state index in [1.807, 2.05) is 0 Å². The number of anilines is 1. The molecule has 0 radical (unpaired) electrons. The number of nitrogens with zero attached hydrogens (tertiary/aromatic N) is 1. The van der Waals surface area contributed by atoms with Gasteiger partial charge < -0.3 is 21.3 Å². The SMILES string of the molecule is CN(C(=O)NC(CCC(N)=O)C(=O)O)c1cccc(O)c1. The zero-order chi connectivity index (χ0) is 16.0. The van der Waals surface area contributed by atoms with Crippen molar-refractivity contribution in [2.45, 2.75) is 18.9 Å². The molecule has 1 atom stereocenters. The first-order valence-electron chi connectivity index (χ1n) is 6.15. The van der Waals surface area contributed by atoms with Gasteiger partial charge in [0, 0.05) is 25.2 Å². The molecule has 0 fully saturated rings. The Bertz CT molecular complexity index is 546. The Morgan fingerprint density at radius 1 is 1.38 bits per heavy atom. The Kier molecular flexibility index (Phi) is 5.53. The van der Waals surface area contributed by atoms with E-state index in [-0.39, 0.29) is 18.6 Å². The number of nitrogens with one attached hydrogen (secondary N) is 1. The quantitative estimate of drug-likeness (QED) is 0.597. The van der Waals surface area contributed by atoms with Crippen LogP contribution in [0.5, 0.6) is 5.75 Å². The van der Waals surface area contributed by atoms with Gasteiger partial charge in [-0.2, -0.15) is 0 Å². The van der Waals surface area contributed by atoms with Crippen molar-refractivity contribution < 1.29 is 24.6 Å². The third-order valence-corrected chi connectivity index (χ3v) is 2.80. The summed E-state index contributed by atoms with van der Waals surface area (Å²) in [6, 6.07) is 4.05. The van der Waals surface area contributed by atoms with Gasteiger partial charge in [-0.15, -0.1) is 0 Å². The number of carboxylic acids is 1. The minimum Gasteiger partial charge on any atom is -0.508 e. The Hall–Kier alpha value is -2.77. The van der Waals surface area contributed by atoms with Crippen LogP contribution in [0.3, 0.4) is 0 Å². The molecule has 1 unspecified atom stereocenters. The highest BCUT2D eigenvalue weighted by atomic mass is 16.4. The molecule has 1 rings (SSSR count). The third-order valence-electron chi connectivity index (χ3n) is 2.80. The fraction of sp³-hybridized carbons (Fsp3) is 0.308. The number of phenolic OH excluding ortho intramolecular Hbond substituents is 1. The van der Waals surface area contributed by atoms with E-state index < -0.39 is 23.9 Å². The van der Waals surface area contributed by atoms with E-state index in [4.69, 9.17) is 10.8 Å². The summed E-state index contributed by atoms with van der Waals surface area (Å²) in [6.07, 6.45) is -0.239. The first kappa shape index (κ1) is 16.3. The van der Waals surface area contributed by atoms with Crippen molar-refractivity contribution in [3.8, 4) is 5.75 Å². The zero-order valence-corrected chi connectivity index (χ0v) is 11.4. The summed E-state index contributed by atoms with van der Waals surface area (Å²) in [4.78, 5) is 34.8. The van der Waals surface area contributed by atoms with Crippen LogP contribution in [0.2, 0.25) is 0 Å². The van der Waals surface area contributed by atoms with Crippen LogP contribution in [-0.4, -0.2) is 41.2 Å². The minimum absolute atomic E-state index is 0.0179. The van der Waals surface area contributed by atoms with Crippen LogP contribution in [0.4, 0.5) is 10.5 Å². The molecule has 0 aromatic heterocycles. The molecule has 0 saturated carbocycles. The Labute approximate surface area is 121 Å². The molecule has 0 aliphatic rings. The second-order valence-corrected chi connectivity index (χ2v) is 4.42. The molecule has 3 amide bonds. The lowest BCUT2D eigenvalue weighted by atomic mass is 10.1. The summed E-state index contributed by atoms with van der Waals surface area (Å²) in [5, 5.41) is 20.6. The highest BCUT2D eigenvalue weighted by Crippen LogP contribution is 2.18. The number of phenols is 1. The van der Waals surface area contributed by atoms with Crippen molar-refractivity contribution in [2.24, 2.45) is 5.73 Å². The van der Waals surface area contributed by atoms with E-state index >= 15 is 0 Å². The Balaban J connectivity index is 2.72. The van der Waals surface area contributed by atoms with E-state index in [1.54, 1.807) is 12.1 Å². The van der Waals surface area contributed by atoms with E-state index in [1.165, 1.54) is 19.2 Å². The molecule has 8 nitrogen and oxygen atoms in total. The molecule has 0 saturated heterocycles. The van der Waals surface area contributed by atoms with Gasteiger partial charge in [0.15, 0.2) is 0 Å². The van der Waals surface area contributed by atoms with E-state index in [9.17, 15) is 19.5 Å². The molecular weight excluding hydrogens is 278 g/mol. The van der Waals surface area contributed by atoms with Crippen molar-refractivity contribution >= 4 is 23.6 Å². The summed E-state index contributed by atoms with van der Waals surface area (Å²) in [5.41, 5.74) is 5.35. The number of urea groups is 1. The van der Waals surface area contributed by atoms with E-state index in [0.717, 1.165) is 4.90 Å². The third kappa shape index (κ3) is 5.01. The normalized spacial score (nSPS) is 11.5. The molecule has 5 N–H and O–H groups in total. The molecule has 1 aromatic carbocycles. The van der Waals surface area contributed by atoms with Crippen LogP contribution in [0, 0.1) is 0 Å². The number of carboxylic acid groups (broad SMARTS) is 1. The molecule has 0 aliphatic carbocycles. The highest BCUT2D eigenvalue weighted by Gasteiger charge is 2.22. The molecule has 0 heterocycles. The maximum atomic E-state index is 12.0. The number of benzene rings is 1. The van der Waals surface area contributed by atoms with Crippen molar-refractivity contribution in [3.05, 3.63) is 24.3 Å². The lowest BCUT2D eigenvalue weighted by Gasteiger charge is -2.21. The number of aromatic hydroxyl groups is 1. The maximum absolute atomic E-state index is 12.0. The van der Waals surface area contributed by atoms with E-state index in [2.05, 4.69) is 5.32 Å². The molecule has 0 spiro atoms. The summed E-state index contributed by atoms with van der Waals surface area (Å²) in [5.74, 6) is -1.92. The number of hydrogen-bond donors (Lipinski definition) is 4. The zero-order valence-electron chi connectivity index (χ0n) is 11.4. The van der Waals surface area contributed by atoms with Gasteiger partial charge in [-0.3, -0.25) is 9.69 Å². The average molecular weight is 295 g/mol. The van der Waals surface area contributed by atoms with Gasteiger partial charge in [0.1, 0.15) is 11.8 Å². The predicted molar refractivity (Wildman–Crippen MR) is 74.9 cm³/mol. The fourth-order valence-electron chi connectivity index (χ4n) is 1.61. The number of nitrogens with two attached hydrogens (primary N) is 1. The van der Waals surface area contributed by atoms with Gasteiger partial charge in [0.05, 0.1) is 0 Å². The minimum atomic E-state index is -1.26. The van der Waals surface area contributed by atoms with Gasteiger partial charge in [0.2, 0.25) is 5.91 Å². The molecular formula is C13H17N3O5. The van der Waals surface area contributed by atoms with E-state index in [0.29, 0.717) is 5.69 Å². The van der Waals surface area contributed by atoms with Gasteiger partial charge >= 0.3 is 12.0 Å². The number of hydrogen-bond acceptors (Lipinski definition) is 4. The van der Waals surface area contributed by atoms with Crippen LogP contribution in [0.1, 0.15) is 12.8 Å². The fourth-order valence-corrected chi connectivity index (χ4v) is 1.61. The first-order valence-corrected chi connectivity index (χ1v) is 6.15. The van der Waals surface area contributed by atoms with Crippen LogP contribution >= 0.6 is 0 Å². The van der Waals surface area contributed by atoms with Crippen LogP contribution in [-0.2, 0) is 9.59 Å². The summed E-state index contributed by atoms with van der Waals surface area (Å²) >= 11 is 0. The number of carbonyl (C=O) groups excluding carboxylic acids is 2. The second-order valence-electron chi connectivity index (χ2n) is 4.42. The lowest BCUT2D eigenvalue weighted by molar-refractivity contribution is -0.139. The van der Waals surface area contributed by atoms with Crippen LogP contribution in [0.15, 0.2) is 24.3 Å². The summed E-state index contributed by atoms with van der Waals surface area (Å²) in [6.45, 7) is 0. The molecule has 21 heavy (non-hydrogen) atoms. The Morgan fingerprint density at radius 2 is 2.05 bits per heavy atom. The standard InChI is InChI=1S/C13H17N3O5/c1-16(8-3-2-4-9(17)7-8)13(21)15-10(12(19)20)5-6-11(14)18/h2-4,7,10,17H,5-6H2,1H3,(H2,14,18)(H,15,21)(H,19,20). The molecule has 8 heteroatoms. The number of carbonyl (C=O) groups is 3. The number of aliphatic carboxylic acids is 1. The largest absolute Gasteiger partial charge is 0.508 e. The van der Waals surface area contributed by atoms with Crippen molar-refractivity contribution in [2.75, 3.05) is 11.9 Å². The number of rotatable bonds is 6. The van der Waals surface area contributed by atoms with Gasteiger partial charge in [-0.05, 0) is 18.6 Å². The number of amides is 3. The van der Waals surface area contributed by atoms with Crippen molar-refractivity contribution in [1.29, 1.82) is 0 Å². The lowest BCUT2D eigenvalue weighted by Crippen LogP contribution is -2.47. The van der Waals surface area contributed by atoms with Crippen molar-refractivity contribution in [3.63, 3.8) is 0 Å². The number of primary amides is 1. The monoisotopic (exact) mass is 295 g/mol. The predicted octanol–water partition coefficient (Wildman–Crippen LogP) is 0.257. The van der Waals surface area contributed by atoms with Crippen molar-refractivity contribution in [1.82, 2.24) is 5.32 Å². The van der Waals surface area contributed by atoms with Gasteiger partial charge in [-0.25, -0.2) is 9.59 Å². The molecule has 0 aliphatic heterocycles. The van der Waals surface area contributed by atoms with Crippen LogP contribution in [0.25, 0.3) is 0 Å². The van der Waals surface area contributed by atoms with Crippen LogP contribution < -0.4 is 16.0 Å². The average Bonchev–Trinajstić information content (AvgIpc) is 2.41. The van der Waals surface area contributed by atoms with Gasteiger partial charge in [0.25, 0.3) is 0 Å². The molecule has 114 valence electrons. The van der Waals surface area contributed by atoms with Gasteiger partial charge in [-0.1, -0.05) is 6.07 Å². The second kappa shape index (κ2) is 7.13. The smallest absolute Gasteiger partial charge is 0.326 e. The maximum Gasteiger partial charge on any atom is 0.326 e.